The van der Waals surface area contributed by atoms with E-state index in [0.717, 1.165) is 12.0 Å². The fraction of sp³-hybridized carbons (Fsp3) is 0.417. The number of aryl methyl sites for hydroxylation is 1. The van der Waals surface area contributed by atoms with Crippen LogP contribution in [0, 0.1) is 0 Å². The second-order valence-corrected chi connectivity index (χ2v) is 5.98. The van der Waals surface area contributed by atoms with E-state index in [1.807, 2.05) is 6.92 Å². The van der Waals surface area contributed by atoms with Crippen molar-refractivity contribution in [2.75, 3.05) is 7.11 Å². The summed E-state index contributed by atoms with van der Waals surface area (Å²) in [6.07, 6.45) is 0.840. The smallest absolute Gasteiger partial charge is 0.324 e. The fourth-order valence-electron chi connectivity index (χ4n) is 1.41. The van der Waals surface area contributed by atoms with Gasteiger partial charge < -0.3 is 4.74 Å². The summed E-state index contributed by atoms with van der Waals surface area (Å²) < 4.78 is 28.5. The van der Waals surface area contributed by atoms with Gasteiger partial charge in [0, 0.05) is 0 Å². The minimum Gasteiger partial charge on any atom is -0.468 e. The quantitative estimate of drug-likeness (QED) is 0.767. The maximum atomic E-state index is 12.0. The first-order chi connectivity index (χ1) is 7.93. The van der Waals surface area contributed by atoms with Gasteiger partial charge in [-0.05, 0) is 31.0 Å². The number of carbonyl (C=O) groups excluding carboxylic acids is 1. The van der Waals surface area contributed by atoms with Crippen molar-refractivity contribution in [2.45, 2.75) is 30.4 Å². The van der Waals surface area contributed by atoms with Crippen LogP contribution in [-0.4, -0.2) is 26.7 Å². The van der Waals surface area contributed by atoms with Crippen molar-refractivity contribution in [3.63, 3.8) is 0 Å². The third kappa shape index (κ3) is 2.85. The van der Waals surface area contributed by atoms with Crippen molar-refractivity contribution < 1.29 is 17.9 Å². The number of esters is 1. The highest BCUT2D eigenvalue weighted by Gasteiger charge is 2.30. The van der Waals surface area contributed by atoms with Gasteiger partial charge in [-0.25, -0.2) is 8.42 Å². The second kappa shape index (κ2) is 5.31. The highest BCUT2D eigenvalue weighted by Crippen LogP contribution is 2.17. The number of benzene rings is 1. The minimum atomic E-state index is -3.65. The lowest BCUT2D eigenvalue weighted by Crippen LogP contribution is -2.28. The molecule has 1 aromatic rings. The Morgan fingerprint density at radius 2 is 1.82 bits per heavy atom. The summed E-state index contributed by atoms with van der Waals surface area (Å²) in [5.41, 5.74) is 1.05. The molecule has 0 aromatic heterocycles. The Hall–Kier alpha value is -1.36. The summed E-state index contributed by atoms with van der Waals surface area (Å²) in [6, 6.07) is 6.54. The zero-order chi connectivity index (χ0) is 13.1. The average molecular weight is 256 g/mol. The molecule has 0 N–H and O–H groups in total. The normalized spacial score (nSPS) is 13.1. The van der Waals surface area contributed by atoms with E-state index in [2.05, 4.69) is 4.74 Å². The zero-order valence-corrected chi connectivity index (χ0v) is 11.0. The molecule has 1 aromatic carbocycles. The second-order valence-electron chi connectivity index (χ2n) is 3.71. The van der Waals surface area contributed by atoms with E-state index in [0.29, 0.717) is 0 Å². The molecule has 0 bridgehead atoms. The van der Waals surface area contributed by atoms with Crippen LogP contribution in [0.2, 0.25) is 0 Å². The molecule has 1 unspecified atom stereocenters. The van der Waals surface area contributed by atoms with Crippen LogP contribution in [-0.2, 0) is 25.8 Å². The molecule has 0 aliphatic carbocycles. The fourth-order valence-corrected chi connectivity index (χ4v) is 2.68. The average Bonchev–Trinajstić information content (AvgIpc) is 2.36. The molecule has 0 fully saturated rings. The predicted molar refractivity (Wildman–Crippen MR) is 64.5 cm³/mol. The monoisotopic (exact) mass is 256 g/mol. The SMILES string of the molecule is CCc1ccc(S(=O)(=O)C(C)C(=O)OC)cc1. The van der Waals surface area contributed by atoms with E-state index in [-0.39, 0.29) is 4.90 Å². The summed E-state index contributed by atoms with van der Waals surface area (Å²) in [7, 11) is -2.47. The van der Waals surface area contributed by atoms with Gasteiger partial charge in [0.2, 0.25) is 0 Å². The van der Waals surface area contributed by atoms with E-state index in [1.165, 1.54) is 26.2 Å². The molecule has 0 amide bonds. The van der Waals surface area contributed by atoms with Crippen molar-refractivity contribution in [3.8, 4) is 0 Å². The largest absolute Gasteiger partial charge is 0.468 e. The summed E-state index contributed by atoms with van der Waals surface area (Å²) >= 11 is 0. The Bertz CT molecular complexity index is 488. The van der Waals surface area contributed by atoms with Crippen molar-refractivity contribution in [1.29, 1.82) is 0 Å². The molecule has 0 aliphatic heterocycles. The molecule has 0 radical (unpaired) electrons. The van der Waals surface area contributed by atoms with Gasteiger partial charge in [-0.2, -0.15) is 0 Å². The Balaban J connectivity index is 3.08. The molecule has 17 heavy (non-hydrogen) atoms. The lowest BCUT2D eigenvalue weighted by molar-refractivity contribution is -0.139. The first kappa shape index (κ1) is 13.7. The molecular formula is C12H16O4S. The topological polar surface area (TPSA) is 60.4 Å². The molecule has 0 aliphatic rings. The number of methoxy groups -OCH3 is 1. The lowest BCUT2D eigenvalue weighted by Gasteiger charge is -2.11. The van der Waals surface area contributed by atoms with Crippen LogP contribution in [0.25, 0.3) is 0 Å². The van der Waals surface area contributed by atoms with Gasteiger partial charge in [0.1, 0.15) is 0 Å². The predicted octanol–water partition coefficient (Wildman–Crippen LogP) is 1.58. The van der Waals surface area contributed by atoms with Crippen LogP contribution >= 0.6 is 0 Å². The molecule has 94 valence electrons. The number of ether oxygens (including phenoxy) is 1. The Kier molecular flexibility index (Phi) is 4.28. The molecule has 1 atom stereocenters. The zero-order valence-electron chi connectivity index (χ0n) is 10.1. The Morgan fingerprint density at radius 1 is 1.29 bits per heavy atom. The summed E-state index contributed by atoms with van der Waals surface area (Å²) in [5, 5.41) is -1.18. The van der Waals surface area contributed by atoms with Crippen LogP contribution in [0.5, 0.6) is 0 Å². The Labute approximate surface area is 102 Å². The third-order valence-electron chi connectivity index (χ3n) is 2.66. The van der Waals surface area contributed by atoms with Gasteiger partial charge in [0.25, 0.3) is 0 Å². The maximum absolute atomic E-state index is 12.0. The van der Waals surface area contributed by atoms with Crippen molar-refractivity contribution >= 4 is 15.8 Å². The lowest BCUT2D eigenvalue weighted by atomic mass is 10.2. The molecule has 0 saturated heterocycles. The van der Waals surface area contributed by atoms with E-state index in [1.54, 1.807) is 12.1 Å². The number of sulfone groups is 1. The highest BCUT2D eigenvalue weighted by atomic mass is 32.2. The molecule has 0 heterocycles. The van der Waals surface area contributed by atoms with E-state index >= 15 is 0 Å². The first-order valence-electron chi connectivity index (χ1n) is 5.34. The first-order valence-corrected chi connectivity index (χ1v) is 6.88. The maximum Gasteiger partial charge on any atom is 0.324 e. The van der Waals surface area contributed by atoms with Gasteiger partial charge in [-0.1, -0.05) is 19.1 Å². The van der Waals surface area contributed by atoms with Gasteiger partial charge >= 0.3 is 5.97 Å². The van der Waals surface area contributed by atoms with Crippen LogP contribution < -0.4 is 0 Å². The van der Waals surface area contributed by atoms with Crippen LogP contribution in [0.4, 0.5) is 0 Å². The van der Waals surface area contributed by atoms with Crippen LogP contribution in [0.3, 0.4) is 0 Å². The third-order valence-corrected chi connectivity index (χ3v) is 4.71. The minimum absolute atomic E-state index is 0.146. The van der Waals surface area contributed by atoms with Gasteiger partial charge in [-0.3, -0.25) is 4.79 Å². The van der Waals surface area contributed by atoms with Crippen molar-refractivity contribution in [2.24, 2.45) is 0 Å². The molecule has 0 spiro atoms. The highest BCUT2D eigenvalue weighted by molar-refractivity contribution is 7.92. The van der Waals surface area contributed by atoms with Gasteiger partial charge in [-0.15, -0.1) is 0 Å². The van der Waals surface area contributed by atoms with E-state index in [4.69, 9.17) is 0 Å². The van der Waals surface area contributed by atoms with Crippen molar-refractivity contribution in [3.05, 3.63) is 29.8 Å². The number of hydrogen-bond donors (Lipinski definition) is 0. The standard InChI is InChI=1S/C12H16O4S/c1-4-10-5-7-11(8-6-10)17(14,15)9(2)12(13)16-3/h5-9H,4H2,1-3H3. The molecule has 0 saturated carbocycles. The summed E-state index contributed by atoms with van der Waals surface area (Å²) in [5.74, 6) is -0.746. The molecule has 5 heteroatoms. The van der Waals surface area contributed by atoms with Gasteiger partial charge in [0.15, 0.2) is 15.1 Å². The number of rotatable bonds is 4. The number of hydrogen-bond acceptors (Lipinski definition) is 4. The van der Waals surface area contributed by atoms with Gasteiger partial charge in [0.05, 0.1) is 12.0 Å². The Morgan fingerprint density at radius 3 is 2.24 bits per heavy atom. The van der Waals surface area contributed by atoms with Crippen LogP contribution in [0.15, 0.2) is 29.2 Å². The molecule has 4 nitrogen and oxygen atoms in total. The van der Waals surface area contributed by atoms with Crippen LogP contribution in [0.1, 0.15) is 19.4 Å². The summed E-state index contributed by atoms with van der Waals surface area (Å²) in [4.78, 5) is 11.4. The molecule has 1 rings (SSSR count). The summed E-state index contributed by atoms with van der Waals surface area (Å²) in [6.45, 7) is 3.31. The van der Waals surface area contributed by atoms with Crippen molar-refractivity contribution in [1.82, 2.24) is 0 Å². The number of carbonyl (C=O) groups is 1. The van der Waals surface area contributed by atoms with E-state index in [9.17, 15) is 13.2 Å². The van der Waals surface area contributed by atoms with E-state index < -0.39 is 21.1 Å². The molecular weight excluding hydrogens is 240 g/mol.